The molecule has 1 aromatic heterocycles. The molecule has 1 aromatic rings. The highest BCUT2D eigenvalue weighted by Gasteiger charge is 2.23. The zero-order valence-corrected chi connectivity index (χ0v) is 9.47. The van der Waals surface area contributed by atoms with Gasteiger partial charge in [0.25, 0.3) is 0 Å². The van der Waals surface area contributed by atoms with Crippen LogP contribution in [0.25, 0.3) is 5.57 Å². The minimum atomic E-state index is -0.0457. The number of Topliss-reactive ketones (excluding diaryl/α,β-unsaturated/α-hetero) is 1. The van der Waals surface area contributed by atoms with Crippen molar-refractivity contribution in [3.05, 3.63) is 11.9 Å². The molecule has 0 amide bonds. The van der Waals surface area contributed by atoms with E-state index in [4.69, 9.17) is 0 Å². The fourth-order valence-electron chi connectivity index (χ4n) is 1.81. The van der Waals surface area contributed by atoms with Gasteiger partial charge in [-0.3, -0.25) is 9.69 Å². The normalized spacial score (nSPS) is 19.2. The van der Waals surface area contributed by atoms with Crippen LogP contribution in [0.5, 0.6) is 0 Å². The fraction of sp³-hybridized carbons (Fsp3) is 0.600. The lowest BCUT2D eigenvalue weighted by molar-refractivity contribution is -0.121. The zero-order valence-electron chi connectivity index (χ0n) is 9.47. The van der Waals surface area contributed by atoms with Gasteiger partial charge in [0, 0.05) is 18.7 Å². The van der Waals surface area contributed by atoms with E-state index in [-0.39, 0.29) is 11.8 Å². The average molecular weight is 221 g/mol. The number of aromatic nitrogens is 4. The molecule has 0 radical (unpaired) electrons. The van der Waals surface area contributed by atoms with Crippen molar-refractivity contribution in [2.24, 2.45) is 0 Å². The molecule has 1 aliphatic heterocycles. The maximum Gasteiger partial charge on any atom is 0.201 e. The molecule has 6 nitrogen and oxygen atoms in total. The molecule has 0 aliphatic carbocycles. The van der Waals surface area contributed by atoms with Crippen molar-refractivity contribution in [2.75, 3.05) is 13.1 Å². The Balaban J connectivity index is 2.09. The summed E-state index contributed by atoms with van der Waals surface area (Å²) >= 11 is 0. The first-order valence-corrected chi connectivity index (χ1v) is 5.36. The number of carbonyl (C=O) groups excluding carboxylic acids is 1. The second-order valence-electron chi connectivity index (χ2n) is 4.01. The lowest BCUT2D eigenvalue weighted by atomic mass is 10.1. The number of nitrogens with zero attached hydrogens (tertiary/aromatic N) is 4. The van der Waals surface area contributed by atoms with Crippen LogP contribution in [0.2, 0.25) is 0 Å². The Morgan fingerprint density at radius 2 is 2.44 bits per heavy atom. The van der Waals surface area contributed by atoms with Crippen molar-refractivity contribution in [1.29, 1.82) is 0 Å². The number of rotatable bonds is 3. The number of ketones is 1. The summed E-state index contributed by atoms with van der Waals surface area (Å²) in [6.45, 7) is 5.17. The summed E-state index contributed by atoms with van der Waals surface area (Å²) < 4.78 is 0. The van der Waals surface area contributed by atoms with Crippen molar-refractivity contribution in [2.45, 2.75) is 26.3 Å². The smallest absolute Gasteiger partial charge is 0.201 e. The molecule has 1 aliphatic rings. The third kappa shape index (κ3) is 2.16. The van der Waals surface area contributed by atoms with Crippen LogP contribution < -0.4 is 0 Å². The van der Waals surface area contributed by atoms with Crippen LogP contribution in [0.1, 0.15) is 26.1 Å². The molecule has 0 spiro atoms. The van der Waals surface area contributed by atoms with E-state index in [0.29, 0.717) is 12.4 Å². The van der Waals surface area contributed by atoms with E-state index in [2.05, 4.69) is 31.6 Å². The molecular weight excluding hydrogens is 206 g/mol. The van der Waals surface area contributed by atoms with Gasteiger partial charge in [-0.1, -0.05) is 6.08 Å². The zero-order chi connectivity index (χ0) is 11.5. The number of nitrogens with one attached hydrogen (secondary N) is 1. The number of tetrazole rings is 1. The Kier molecular flexibility index (Phi) is 3.09. The van der Waals surface area contributed by atoms with Gasteiger partial charge in [0.2, 0.25) is 5.82 Å². The van der Waals surface area contributed by atoms with Gasteiger partial charge in [-0.25, -0.2) is 0 Å². The molecule has 0 saturated carbocycles. The molecule has 0 aromatic carbocycles. The minimum Gasteiger partial charge on any atom is -0.298 e. The predicted molar refractivity (Wildman–Crippen MR) is 58.5 cm³/mol. The van der Waals surface area contributed by atoms with E-state index in [1.54, 1.807) is 6.92 Å². The van der Waals surface area contributed by atoms with Crippen LogP contribution in [0.4, 0.5) is 0 Å². The average Bonchev–Trinajstić information content (AvgIpc) is 2.81. The summed E-state index contributed by atoms with van der Waals surface area (Å²) in [5.41, 5.74) is 1.04. The van der Waals surface area contributed by atoms with Crippen LogP contribution in [0, 0.1) is 0 Å². The summed E-state index contributed by atoms with van der Waals surface area (Å²) in [6, 6.07) is -0.0457. The van der Waals surface area contributed by atoms with Crippen LogP contribution in [-0.2, 0) is 4.79 Å². The van der Waals surface area contributed by atoms with Gasteiger partial charge in [0.1, 0.15) is 5.78 Å². The molecule has 2 rings (SSSR count). The van der Waals surface area contributed by atoms with Crippen molar-refractivity contribution < 1.29 is 4.79 Å². The van der Waals surface area contributed by atoms with E-state index >= 15 is 0 Å². The summed E-state index contributed by atoms with van der Waals surface area (Å²) in [7, 11) is 0. The number of hydrogen-bond donors (Lipinski definition) is 1. The first-order valence-electron chi connectivity index (χ1n) is 5.36. The Morgan fingerprint density at radius 3 is 3.06 bits per heavy atom. The number of carbonyl (C=O) groups is 1. The molecule has 2 heterocycles. The molecule has 1 N–H and O–H groups in total. The SMILES string of the molecule is CC(=O)C(C)N1CCC=C(c2nn[nH]n2)C1. The molecule has 0 fully saturated rings. The standard InChI is InChI=1S/C10H15N5O/c1-7(8(2)16)15-5-3-4-9(6-15)10-11-13-14-12-10/h4,7H,3,5-6H2,1-2H3,(H,11,12,13,14). The van der Waals surface area contributed by atoms with Crippen LogP contribution in [0.15, 0.2) is 6.08 Å². The van der Waals surface area contributed by atoms with E-state index < -0.39 is 0 Å². The number of H-pyrrole nitrogens is 1. The van der Waals surface area contributed by atoms with Crippen molar-refractivity contribution in [3.63, 3.8) is 0 Å². The summed E-state index contributed by atoms with van der Waals surface area (Å²) in [6.07, 6.45) is 3.02. The largest absolute Gasteiger partial charge is 0.298 e. The maximum absolute atomic E-state index is 11.3. The van der Waals surface area contributed by atoms with Gasteiger partial charge in [0.05, 0.1) is 6.04 Å². The predicted octanol–water partition coefficient (Wildman–Crippen LogP) is 0.266. The van der Waals surface area contributed by atoms with Crippen molar-refractivity contribution in [3.8, 4) is 0 Å². The Bertz CT molecular complexity index is 397. The third-order valence-electron chi connectivity index (χ3n) is 2.95. The molecule has 86 valence electrons. The highest BCUT2D eigenvalue weighted by molar-refractivity contribution is 5.81. The topological polar surface area (TPSA) is 74.8 Å². The van der Waals surface area contributed by atoms with E-state index in [1.807, 2.05) is 6.92 Å². The highest BCUT2D eigenvalue weighted by atomic mass is 16.1. The highest BCUT2D eigenvalue weighted by Crippen LogP contribution is 2.18. The molecular formula is C10H15N5O. The van der Waals surface area contributed by atoms with Crippen LogP contribution >= 0.6 is 0 Å². The second kappa shape index (κ2) is 4.52. The van der Waals surface area contributed by atoms with Gasteiger partial charge in [0.15, 0.2) is 0 Å². The fourth-order valence-corrected chi connectivity index (χ4v) is 1.81. The molecule has 6 heteroatoms. The van der Waals surface area contributed by atoms with E-state index in [0.717, 1.165) is 18.5 Å². The molecule has 1 unspecified atom stereocenters. The van der Waals surface area contributed by atoms with Gasteiger partial charge < -0.3 is 0 Å². The summed E-state index contributed by atoms with van der Waals surface area (Å²) in [4.78, 5) is 13.5. The maximum atomic E-state index is 11.3. The molecule has 0 bridgehead atoms. The first-order chi connectivity index (χ1) is 7.68. The van der Waals surface area contributed by atoms with Crippen LogP contribution in [-0.4, -0.2) is 50.4 Å². The van der Waals surface area contributed by atoms with Gasteiger partial charge in [-0.05, 0) is 25.5 Å². The molecule has 0 saturated heterocycles. The third-order valence-corrected chi connectivity index (χ3v) is 2.95. The minimum absolute atomic E-state index is 0.0457. The monoisotopic (exact) mass is 221 g/mol. The molecule has 16 heavy (non-hydrogen) atoms. The van der Waals surface area contributed by atoms with E-state index in [1.165, 1.54) is 0 Å². The van der Waals surface area contributed by atoms with Crippen molar-refractivity contribution >= 4 is 11.4 Å². The number of hydrogen-bond acceptors (Lipinski definition) is 5. The van der Waals surface area contributed by atoms with Gasteiger partial charge in [-0.2, -0.15) is 5.21 Å². The summed E-state index contributed by atoms with van der Waals surface area (Å²) in [5, 5.41) is 13.9. The Morgan fingerprint density at radius 1 is 1.62 bits per heavy atom. The first kappa shape index (κ1) is 10.9. The second-order valence-corrected chi connectivity index (χ2v) is 4.01. The van der Waals surface area contributed by atoms with Gasteiger partial charge >= 0.3 is 0 Å². The summed E-state index contributed by atoms with van der Waals surface area (Å²) in [5.74, 6) is 0.815. The number of aromatic amines is 1. The Labute approximate surface area is 93.7 Å². The molecule has 1 atom stereocenters. The van der Waals surface area contributed by atoms with E-state index in [9.17, 15) is 4.79 Å². The lowest BCUT2D eigenvalue weighted by Crippen LogP contribution is -2.41. The lowest BCUT2D eigenvalue weighted by Gasteiger charge is -2.30. The van der Waals surface area contributed by atoms with Crippen molar-refractivity contribution in [1.82, 2.24) is 25.5 Å². The Hall–Kier alpha value is -1.56. The quantitative estimate of drug-likeness (QED) is 0.792. The van der Waals surface area contributed by atoms with Gasteiger partial charge in [-0.15, -0.1) is 10.2 Å². The van der Waals surface area contributed by atoms with Crippen LogP contribution in [0.3, 0.4) is 0 Å².